The lowest BCUT2D eigenvalue weighted by atomic mass is 9.88. The normalized spacial score (nSPS) is 16.8. The minimum atomic E-state index is -4.29. The summed E-state index contributed by atoms with van der Waals surface area (Å²) in [7, 11) is 0. The number of fused-ring (bicyclic) bond motifs is 1. The van der Waals surface area contributed by atoms with Crippen molar-refractivity contribution in [2.24, 2.45) is 5.73 Å². The molecule has 2 aromatic rings. The lowest BCUT2D eigenvalue weighted by molar-refractivity contribution is -0.137. The van der Waals surface area contributed by atoms with Gasteiger partial charge >= 0.3 is 6.18 Å². The standard InChI is InChI=1S/C17H16F3N/c18-17(19,20)15-7-5-12(6-8-15)9-16(21)10-13-3-1-2-4-14(13)11-16/h1-8H,9-11,21H2. The molecule has 0 heterocycles. The van der Waals surface area contributed by atoms with Crippen molar-refractivity contribution in [1.29, 1.82) is 0 Å². The number of halogens is 3. The van der Waals surface area contributed by atoms with E-state index in [9.17, 15) is 13.2 Å². The molecule has 0 unspecified atom stereocenters. The minimum Gasteiger partial charge on any atom is -0.324 e. The Morgan fingerprint density at radius 2 is 1.43 bits per heavy atom. The number of benzene rings is 2. The van der Waals surface area contributed by atoms with Crippen molar-refractivity contribution < 1.29 is 13.2 Å². The molecule has 0 saturated carbocycles. The third-order valence-electron chi connectivity index (χ3n) is 4.04. The topological polar surface area (TPSA) is 26.0 Å². The van der Waals surface area contributed by atoms with Crippen LogP contribution in [0.2, 0.25) is 0 Å². The Balaban J connectivity index is 1.76. The smallest absolute Gasteiger partial charge is 0.324 e. The summed E-state index contributed by atoms with van der Waals surface area (Å²) in [6.07, 6.45) is -2.17. The molecule has 3 rings (SSSR count). The second-order valence-electron chi connectivity index (χ2n) is 5.86. The van der Waals surface area contributed by atoms with Crippen molar-refractivity contribution in [3.05, 3.63) is 70.8 Å². The van der Waals surface area contributed by atoms with E-state index in [1.807, 2.05) is 12.1 Å². The fourth-order valence-corrected chi connectivity index (χ4v) is 3.07. The van der Waals surface area contributed by atoms with Crippen LogP contribution in [0.3, 0.4) is 0 Å². The van der Waals surface area contributed by atoms with Gasteiger partial charge in [0.1, 0.15) is 0 Å². The maximum Gasteiger partial charge on any atom is 0.416 e. The first kappa shape index (κ1) is 14.1. The molecule has 2 aromatic carbocycles. The van der Waals surface area contributed by atoms with E-state index in [0.717, 1.165) is 30.5 Å². The van der Waals surface area contributed by atoms with Crippen LogP contribution in [-0.4, -0.2) is 5.54 Å². The van der Waals surface area contributed by atoms with Crippen molar-refractivity contribution in [3.63, 3.8) is 0 Å². The summed E-state index contributed by atoms with van der Waals surface area (Å²) >= 11 is 0. The molecular weight excluding hydrogens is 275 g/mol. The number of rotatable bonds is 2. The van der Waals surface area contributed by atoms with E-state index >= 15 is 0 Å². The summed E-state index contributed by atoms with van der Waals surface area (Å²) in [5, 5.41) is 0. The minimum absolute atomic E-state index is 0.399. The number of hydrogen-bond donors (Lipinski definition) is 1. The van der Waals surface area contributed by atoms with Gasteiger partial charge in [-0.15, -0.1) is 0 Å². The molecular formula is C17H16F3N. The van der Waals surface area contributed by atoms with Gasteiger partial charge in [-0.25, -0.2) is 0 Å². The van der Waals surface area contributed by atoms with Gasteiger partial charge in [0.05, 0.1) is 5.56 Å². The van der Waals surface area contributed by atoms with E-state index in [1.165, 1.54) is 23.3 Å². The van der Waals surface area contributed by atoms with E-state index in [-0.39, 0.29) is 0 Å². The van der Waals surface area contributed by atoms with Crippen LogP contribution >= 0.6 is 0 Å². The highest BCUT2D eigenvalue weighted by Gasteiger charge is 2.34. The van der Waals surface area contributed by atoms with Crippen LogP contribution in [0, 0.1) is 0 Å². The Labute approximate surface area is 121 Å². The Morgan fingerprint density at radius 3 is 1.90 bits per heavy atom. The first-order chi connectivity index (χ1) is 9.86. The predicted octanol–water partition coefficient (Wildman–Crippen LogP) is 3.74. The Hall–Kier alpha value is -1.81. The average Bonchev–Trinajstić information content (AvgIpc) is 2.73. The van der Waals surface area contributed by atoms with E-state index < -0.39 is 17.3 Å². The van der Waals surface area contributed by atoms with Gasteiger partial charge in [0.2, 0.25) is 0 Å². The maximum absolute atomic E-state index is 12.6. The Bertz CT molecular complexity index is 619. The van der Waals surface area contributed by atoms with Crippen molar-refractivity contribution in [2.45, 2.75) is 31.0 Å². The molecule has 1 aliphatic rings. The van der Waals surface area contributed by atoms with Crippen LogP contribution in [0.15, 0.2) is 48.5 Å². The molecule has 0 fully saturated rings. The summed E-state index contributed by atoms with van der Waals surface area (Å²) in [5.74, 6) is 0. The molecule has 0 bridgehead atoms. The van der Waals surface area contributed by atoms with Crippen LogP contribution < -0.4 is 5.73 Å². The maximum atomic E-state index is 12.6. The van der Waals surface area contributed by atoms with Crippen molar-refractivity contribution >= 4 is 0 Å². The zero-order chi connectivity index (χ0) is 15.1. The van der Waals surface area contributed by atoms with Crippen LogP contribution in [0.5, 0.6) is 0 Å². The Morgan fingerprint density at radius 1 is 0.905 bits per heavy atom. The summed E-state index contributed by atoms with van der Waals surface area (Å²) in [6, 6.07) is 13.4. The highest BCUT2D eigenvalue weighted by Crippen LogP contribution is 2.32. The van der Waals surface area contributed by atoms with Gasteiger partial charge in [0, 0.05) is 5.54 Å². The van der Waals surface area contributed by atoms with Gasteiger partial charge < -0.3 is 5.73 Å². The highest BCUT2D eigenvalue weighted by molar-refractivity contribution is 5.37. The second kappa shape index (κ2) is 4.88. The van der Waals surface area contributed by atoms with Gasteiger partial charge in [0.25, 0.3) is 0 Å². The van der Waals surface area contributed by atoms with Crippen LogP contribution in [0.1, 0.15) is 22.3 Å². The van der Waals surface area contributed by atoms with Crippen LogP contribution in [0.25, 0.3) is 0 Å². The lowest BCUT2D eigenvalue weighted by Crippen LogP contribution is -2.42. The molecule has 0 amide bonds. The van der Waals surface area contributed by atoms with Crippen molar-refractivity contribution in [1.82, 2.24) is 0 Å². The van der Waals surface area contributed by atoms with Gasteiger partial charge in [-0.1, -0.05) is 36.4 Å². The summed E-state index contributed by atoms with van der Waals surface area (Å²) in [5.41, 5.74) is 8.76. The predicted molar refractivity (Wildman–Crippen MR) is 75.9 cm³/mol. The Kier molecular flexibility index (Phi) is 3.29. The molecule has 1 nitrogen and oxygen atoms in total. The van der Waals surface area contributed by atoms with E-state index in [0.29, 0.717) is 6.42 Å². The molecule has 110 valence electrons. The first-order valence-electron chi connectivity index (χ1n) is 6.88. The molecule has 0 atom stereocenters. The molecule has 21 heavy (non-hydrogen) atoms. The third kappa shape index (κ3) is 2.95. The fourth-order valence-electron chi connectivity index (χ4n) is 3.07. The van der Waals surface area contributed by atoms with Crippen molar-refractivity contribution in [2.75, 3.05) is 0 Å². The van der Waals surface area contributed by atoms with Crippen LogP contribution in [0.4, 0.5) is 13.2 Å². The average molecular weight is 291 g/mol. The summed E-state index contributed by atoms with van der Waals surface area (Å²) in [4.78, 5) is 0. The third-order valence-corrected chi connectivity index (χ3v) is 4.04. The largest absolute Gasteiger partial charge is 0.416 e. The number of hydrogen-bond acceptors (Lipinski definition) is 1. The van der Waals surface area contributed by atoms with E-state index in [1.54, 1.807) is 0 Å². The quantitative estimate of drug-likeness (QED) is 0.896. The van der Waals surface area contributed by atoms with E-state index in [4.69, 9.17) is 5.73 Å². The van der Waals surface area contributed by atoms with Gasteiger partial charge in [-0.3, -0.25) is 0 Å². The SMILES string of the molecule is NC1(Cc2ccc(C(F)(F)F)cc2)Cc2ccccc2C1. The molecule has 0 aliphatic heterocycles. The molecule has 0 saturated heterocycles. The molecule has 0 radical (unpaired) electrons. The van der Waals surface area contributed by atoms with Gasteiger partial charge in [-0.2, -0.15) is 13.2 Å². The van der Waals surface area contributed by atoms with Crippen LogP contribution in [-0.2, 0) is 25.4 Å². The first-order valence-corrected chi connectivity index (χ1v) is 6.88. The van der Waals surface area contributed by atoms with Gasteiger partial charge in [0.15, 0.2) is 0 Å². The summed E-state index contributed by atoms with van der Waals surface area (Å²) < 4.78 is 37.7. The molecule has 1 aliphatic carbocycles. The van der Waals surface area contributed by atoms with E-state index in [2.05, 4.69) is 12.1 Å². The molecule has 0 aromatic heterocycles. The van der Waals surface area contributed by atoms with Gasteiger partial charge in [-0.05, 0) is 48.1 Å². The molecule has 4 heteroatoms. The number of nitrogens with two attached hydrogens (primary N) is 1. The number of alkyl halides is 3. The molecule has 0 spiro atoms. The zero-order valence-electron chi connectivity index (χ0n) is 11.5. The summed E-state index contributed by atoms with van der Waals surface area (Å²) in [6.45, 7) is 0. The monoisotopic (exact) mass is 291 g/mol. The second-order valence-corrected chi connectivity index (χ2v) is 5.86. The molecule has 2 N–H and O–H groups in total. The zero-order valence-corrected chi connectivity index (χ0v) is 11.5. The highest BCUT2D eigenvalue weighted by atomic mass is 19.4. The lowest BCUT2D eigenvalue weighted by Gasteiger charge is -2.24. The fraction of sp³-hybridized carbons (Fsp3) is 0.294. The van der Waals surface area contributed by atoms with Crippen molar-refractivity contribution in [3.8, 4) is 0 Å².